The van der Waals surface area contributed by atoms with E-state index in [0.717, 1.165) is 0 Å². The van der Waals surface area contributed by atoms with E-state index in [-0.39, 0.29) is 21.9 Å². The van der Waals surface area contributed by atoms with Crippen molar-refractivity contribution in [2.24, 2.45) is 5.14 Å². The first-order chi connectivity index (χ1) is 5.45. The molecule has 0 aliphatic carbocycles. The Bertz CT molecular complexity index is 382. The van der Waals surface area contributed by atoms with Crippen LogP contribution in [0, 0.1) is 0 Å². The first kappa shape index (κ1) is 9.72. The first-order valence-electron chi connectivity index (χ1n) is 2.87. The number of nitrogens with two attached hydrogens (primary N) is 1. The molecule has 0 aromatic carbocycles. The van der Waals surface area contributed by atoms with E-state index in [1.807, 2.05) is 0 Å². The average Bonchev–Trinajstić information content (AvgIpc) is 2.29. The van der Waals surface area contributed by atoms with Gasteiger partial charge < -0.3 is 9.52 Å². The predicted molar refractivity (Wildman–Crippen MR) is 43.7 cm³/mol. The van der Waals surface area contributed by atoms with Crippen LogP contribution < -0.4 is 5.14 Å². The minimum atomic E-state index is -3.77. The molecule has 0 bridgehead atoms. The number of primary sulfonamides is 1. The zero-order valence-corrected chi connectivity index (χ0v) is 8.22. The van der Waals surface area contributed by atoms with Gasteiger partial charge in [-0.25, -0.2) is 13.6 Å². The van der Waals surface area contributed by atoms with Crippen molar-refractivity contribution >= 4 is 26.0 Å². The van der Waals surface area contributed by atoms with E-state index in [1.165, 1.54) is 6.07 Å². The van der Waals surface area contributed by atoms with Crippen molar-refractivity contribution in [2.45, 2.75) is 11.5 Å². The van der Waals surface area contributed by atoms with Gasteiger partial charge in [0.15, 0.2) is 4.67 Å². The van der Waals surface area contributed by atoms with Crippen LogP contribution in [0.15, 0.2) is 20.0 Å². The molecule has 68 valence electrons. The topological polar surface area (TPSA) is 93.5 Å². The van der Waals surface area contributed by atoms with Gasteiger partial charge in [0, 0.05) is 6.07 Å². The van der Waals surface area contributed by atoms with E-state index < -0.39 is 10.0 Å². The van der Waals surface area contributed by atoms with E-state index in [1.54, 1.807) is 0 Å². The summed E-state index contributed by atoms with van der Waals surface area (Å²) in [6.07, 6.45) is 0. The zero-order chi connectivity index (χ0) is 9.35. The molecule has 1 aromatic rings. The summed E-state index contributed by atoms with van der Waals surface area (Å²) >= 11 is 2.86. The largest absolute Gasteiger partial charge is 0.450 e. The Hall–Kier alpha value is -0.370. The van der Waals surface area contributed by atoms with Crippen molar-refractivity contribution in [3.63, 3.8) is 0 Å². The highest BCUT2D eigenvalue weighted by atomic mass is 79.9. The lowest BCUT2D eigenvalue weighted by atomic mass is 10.5. The van der Waals surface area contributed by atoms with Crippen LogP contribution in [-0.2, 0) is 16.6 Å². The summed E-state index contributed by atoms with van der Waals surface area (Å²) in [5.41, 5.74) is 0. The number of halogens is 1. The highest BCUT2D eigenvalue weighted by molar-refractivity contribution is 9.10. The number of aliphatic hydroxyl groups is 1. The molecule has 0 aliphatic heterocycles. The van der Waals surface area contributed by atoms with E-state index in [4.69, 9.17) is 14.7 Å². The minimum Gasteiger partial charge on any atom is -0.450 e. The van der Waals surface area contributed by atoms with Gasteiger partial charge in [0.05, 0.1) is 0 Å². The van der Waals surface area contributed by atoms with Gasteiger partial charge in [0.25, 0.3) is 0 Å². The van der Waals surface area contributed by atoms with Crippen LogP contribution in [-0.4, -0.2) is 13.5 Å². The third kappa shape index (κ3) is 1.86. The molecule has 0 fully saturated rings. The lowest BCUT2D eigenvalue weighted by Gasteiger charge is -1.89. The fraction of sp³-hybridized carbons (Fsp3) is 0.200. The summed E-state index contributed by atoms with van der Waals surface area (Å²) in [5, 5.41) is 13.4. The number of rotatable bonds is 2. The third-order valence-corrected chi connectivity index (χ3v) is 2.94. The molecule has 0 unspecified atom stereocenters. The summed E-state index contributed by atoms with van der Waals surface area (Å²) in [7, 11) is -3.77. The van der Waals surface area contributed by atoms with Gasteiger partial charge in [0.1, 0.15) is 17.3 Å². The molecular weight excluding hydrogens is 250 g/mol. The van der Waals surface area contributed by atoms with E-state index >= 15 is 0 Å². The fourth-order valence-corrected chi connectivity index (χ4v) is 2.23. The summed E-state index contributed by atoms with van der Waals surface area (Å²) in [4.78, 5) is -0.161. The molecular formula is C5H6BrNO4S. The Kier molecular flexibility index (Phi) is 2.57. The normalized spacial score (nSPS) is 11.9. The quantitative estimate of drug-likeness (QED) is 0.789. The second kappa shape index (κ2) is 3.17. The van der Waals surface area contributed by atoms with Gasteiger partial charge in [-0.05, 0) is 15.9 Å². The maximum absolute atomic E-state index is 10.8. The molecule has 0 saturated heterocycles. The summed E-state index contributed by atoms with van der Waals surface area (Å²) in [6, 6.07) is 1.17. The van der Waals surface area contributed by atoms with Crippen LogP contribution in [0.4, 0.5) is 0 Å². The Morgan fingerprint density at radius 1 is 1.67 bits per heavy atom. The molecule has 5 nitrogen and oxygen atoms in total. The van der Waals surface area contributed by atoms with Crippen LogP contribution in [0.2, 0.25) is 0 Å². The van der Waals surface area contributed by atoms with Gasteiger partial charge in [-0.1, -0.05) is 0 Å². The van der Waals surface area contributed by atoms with E-state index in [9.17, 15) is 8.42 Å². The van der Waals surface area contributed by atoms with Crippen LogP contribution in [0.3, 0.4) is 0 Å². The molecule has 1 rings (SSSR count). The monoisotopic (exact) mass is 255 g/mol. The lowest BCUT2D eigenvalue weighted by Crippen LogP contribution is -2.11. The molecule has 0 spiro atoms. The number of sulfonamides is 1. The smallest absolute Gasteiger partial charge is 0.242 e. The van der Waals surface area contributed by atoms with Gasteiger partial charge in [-0.15, -0.1) is 0 Å². The Morgan fingerprint density at radius 2 is 2.25 bits per heavy atom. The van der Waals surface area contributed by atoms with Crippen LogP contribution in [0.1, 0.15) is 5.76 Å². The van der Waals surface area contributed by atoms with Crippen molar-refractivity contribution < 1.29 is 17.9 Å². The van der Waals surface area contributed by atoms with E-state index in [2.05, 4.69) is 15.9 Å². The molecule has 0 amide bonds. The fourth-order valence-electron chi connectivity index (χ4n) is 0.670. The van der Waals surface area contributed by atoms with Crippen molar-refractivity contribution in [1.29, 1.82) is 0 Å². The van der Waals surface area contributed by atoms with Crippen molar-refractivity contribution in [3.05, 3.63) is 16.5 Å². The molecule has 1 aromatic heterocycles. The first-order valence-corrected chi connectivity index (χ1v) is 5.21. The van der Waals surface area contributed by atoms with Gasteiger partial charge in [0.2, 0.25) is 10.0 Å². The average molecular weight is 256 g/mol. The molecule has 3 N–H and O–H groups in total. The summed E-state index contributed by atoms with van der Waals surface area (Å²) in [6.45, 7) is -0.367. The van der Waals surface area contributed by atoms with Crippen LogP contribution >= 0.6 is 15.9 Å². The second-order valence-electron chi connectivity index (χ2n) is 2.05. The van der Waals surface area contributed by atoms with Crippen molar-refractivity contribution in [1.82, 2.24) is 0 Å². The third-order valence-electron chi connectivity index (χ3n) is 1.17. The number of hydrogen-bond acceptors (Lipinski definition) is 4. The maximum Gasteiger partial charge on any atom is 0.242 e. The Labute approximate surface area is 77.4 Å². The molecule has 1 heterocycles. The summed E-state index contributed by atoms with van der Waals surface area (Å²) < 4.78 is 26.4. The van der Waals surface area contributed by atoms with Crippen molar-refractivity contribution in [3.8, 4) is 0 Å². The molecule has 0 aliphatic rings. The van der Waals surface area contributed by atoms with Crippen molar-refractivity contribution in [2.75, 3.05) is 0 Å². The molecule has 0 saturated carbocycles. The van der Waals surface area contributed by atoms with Gasteiger partial charge >= 0.3 is 0 Å². The highest BCUT2D eigenvalue weighted by Crippen LogP contribution is 2.24. The molecule has 0 radical (unpaired) electrons. The summed E-state index contributed by atoms with van der Waals surface area (Å²) in [5.74, 6) is 0.144. The van der Waals surface area contributed by atoms with Crippen LogP contribution in [0.5, 0.6) is 0 Å². The number of furan rings is 1. The van der Waals surface area contributed by atoms with Gasteiger partial charge in [-0.2, -0.15) is 0 Å². The Morgan fingerprint density at radius 3 is 2.50 bits per heavy atom. The molecule has 0 atom stereocenters. The Balaban J connectivity index is 3.27. The second-order valence-corrected chi connectivity index (χ2v) is 4.30. The highest BCUT2D eigenvalue weighted by Gasteiger charge is 2.17. The minimum absolute atomic E-state index is 0.00838. The predicted octanol–water partition coefficient (Wildman–Crippen LogP) is 0.182. The molecule has 7 heteroatoms. The number of aliphatic hydroxyl groups excluding tert-OH is 1. The molecule has 12 heavy (non-hydrogen) atoms. The lowest BCUT2D eigenvalue weighted by molar-refractivity contribution is 0.245. The maximum atomic E-state index is 10.8. The van der Waals surface area contributed by atoms with Crippen LogP contribution in [0.25, 0.3) is 0 Å². The standard InChI is InChI=1S/C5H6BrNO4S/c6-5-4(12(7,9)10)1-3(2-8)11-5/h1,8H,2H2,(H2,7,9,10). The van der Waals surface area contributed by atoms with Gasteiger partial charge in [-0.3, -0.25) is 0 Å². The van der Waals surface area contributed by atoms with E-state index in [0.29, 0.717) is 0 Å². The number of hydrogen-bond donors (Lipinski definition) is 2. The SMILES string of the molecule is NS(=O)(=O)c1cc(CO)oc1Br. The zero-order valence-electron chi connectivity index (χ0n) is 5.82.